The van der Waals surface area contributed by atoms with Gasteiger partial charge in [0.25, 0.3) is 0 Å². The first kappa shape index (κ1) is 17.0. The molecule has 116 valence electrons. The van der Waals surface area contributed by atoms with E-state index >= 15 is 0 Å². The van der Waals surface area contributed by atoms with E-state index < -0.39 is 6.09 Å². The average molecular weight is 294 g/mol. The van der Waals surface area contributed by atoms with Crippen LogP contribution in [0.4, 0.5) is 4.79 Å². The Morgan fingerprint density at radius 2 is 1.95 bits per heavy atom. The summed E-state index contributed by atoms with van der Waals surface area (Å²) in [6, 6.07) is 9.36. The van der Waals surface area contributed by atoms with E-state index in [-0.39, 0.29) is 19.1 Å². The normalized spacial score (nSPS) is 10.0. The third kappa shape index (κ3) is 6.76. The molecule has 0 aliphatic heterocycles. The first-order valence-corrected chi connectivity index (χ1v) is 6.88. The van der Waals surface area contributed by atoms with Crippen LogP contribution in [0.1, 0.15) is 12.5 Å². The Balaban J connectivity index is 2.26. The molecule has 1 aromatic carbocycles. The first-order chi connectivity index (χ1) is 10.2. The summed E-state index contributed by atoms with van der Waals surface area (Å²) >= 11 is 0. The predicted molar refractivity (Wildman–Crippen MR) is 78.8 cm³/mol. The maximum absolute atomic E-state index is 11.9. The van der Waals surface area contributed by atoms with E-state index in [1.807, 2.05) is 37.3 Å². The summed E-state index contributed by atoms with van der Waals surface area (Å²) in [6.07, 6.45) is -0.602. The minimum atomic E-state index is -0.602. The van der Waals surface area contributed by atoms with E-state index in [0.29, 0.717) is 19.7 Å². The van der Waals surface area contributed by atoms with Crippen LogP contribution in [0.25, 0.3) is 0 Å². The van der Waals surface area contributed by atoms with Crippen molar-refractivity contribution in [2.75, 3.05) is 33.4 Å². The lowest BCUT2D eigenvalue weighted by Gasteiger charge is -2.20. The van der Waals surface area contributed by atoms with E-state index in [4.69, 9.17) is 9.47 Å². The fourth-order valence-electron chi connectivity index (χ4n) is 1.69. The highest BCUT2D eigenvalue weighted by Gasteiger charge is 2.12. The zero-order chi connectivity index (χ0) is 15.5. The van der Waals surface area contributed by atoms with Gasteiger partial charge >= 0.3 is 6.09 Å². The van der Waals surface area contributed by atoms with Crippen LogP contribution < -0.4 is 5.32 Å². The van der Waals surface area contributed by atoms with Crippen molar-refractivity contribution >= 4 is 12.0 Å². The molecule has 0 fully saturated rings. The van der Waals surface area contributed by atoms with Crippen molar-refractivity contribution in [1.82, 2.24) is 10.2 Å². The highest BCUT2D eigenvalue weighted by atomic mass is 16.5. The van der Waals surface area contributed by atoms with Gasteiger partial charge in [-0.25, -0.2) is 4.79 Å². The zero-order valence-corrected chi connectivity index (χ0v) is 12.5. The number of amides is 2. The number of rotatable bonds is 8. The molecule has 0 bridgehead atoms. The van der Waals surface area contributed by atoms with Crippen LogP contribution in [0.15, 0.2) is 30.3 Å². The Kier molecular flexibility index (Phi) is 7.89. The van der Waals surface area contributed by atoms with Crippen LogP contribution >= 0.6 is 0 Å². The topological polar surface area (TPSA) is 67.9 Å². The van der Waals surface area contributed by atoms with Crippen molar-refractivity contribution < 1.29 is 19.1 Å². The number of nitrogens with one attached hydrogen (secondary N) is 1. The molecule has 0 aromatic heterocycles. The third-order valence-corrected chi connectivity index (χ3v) is 2.90. The smallest absolute Gasteiger partial charge is 0.407 e. The van der Waals surface area contributed by atoms with Gasteiger partial charge in [0, 0.05) is 20.2 Å². The van der Waals surface area contributed by atoms with Crippen LogP contribution in [0.5, 0.6) is 0 Å². The number of nitrogens with zero attached hydrogens (tertiary/aromatic N) is 1. The molecule has 2 amide bonds. The Morgan fingerprint density at radius 1 is 1.24 bits per heavy atom. The molecule has 1 aromatic rings. The molecule has 0 atom stereocenters. The number of carbonyl (C=O) groups excluding carboxylic acids is 2. The molecule has 0 spiro atoms. The Bertz CT molecular complexity index is 437. The second kappa shape index (κ2) is 9.77. The quantitative estimate of drug-likeness (QED) is 0.787. The van der Waals surface area contributed by atoms with Gasteiger partial charge in [0.15, 0.2) is 0 Å². The van der Waals surface area contributed by atoms with Crippen molar-refractivity contribution in [3.05, 3.63) is 35.9 Å². The molecule has 0 radical (unpaired) electrons. The minimum absolute atomic E-state index is 0.0782. The van der Waals surface area contributed by atoms with E-state index in [1.54, 1.807) is 12.0 Å². The van der Waals surface area contributed by atoms with Crippen LogP contribution in [-0.2, 0) is 20.9 Å². The number of benzene rings is 1. The van der Waals surface area contributed by atoms with Gasteiger partial charge in [-0.05, 0) is 12.5 Å². The number of carbonyl (C=O) groups is 2. The van der Waals surface area contributed by atoms with E-state index in [1.165, 1.54) is 0 Å². The largest absolute Gasteiger partial charge is 0.445 e. The van der Waals surface area contributed by atoms with Gasteiger partial charge in [0.05, 0.1) is 6.61 Å². The Morgan fingerprint density at radius 3 is 2.57 bits per heavy atom. The lowest BCUT2D eigenvalue weighted by molar-refractivity contribution is -0.130. The van der Waals surface area contributed by atoms with Crippen LogP contribution in [0.2, 0.25) is 0 Å². The van der Waals surface area contributed by atoms with Gasteiger partial charge in [-0.1, -0.05) is 30.3 Å². The monoisotopic (exact) mass is 294 g/mol. The van der Waals surface area contributed by atoms with E-state index in [2.05, 4.69) is 5.32 Å². The molecule has 0 saturated heterocycles. The van der Waals surface area contributed by atoms with Gasteiger partial charge in [0.2, 0.25) is 5.91 Å². The number of likely N-dealkylation sites (N-methyl/N-ethyl adjacent to an activating group) is 1. The molecular weight excluding hydrogens is 272 g/mol. The fraction of sp³-hybridized carbons (Fsp3) is 0.467. The van der Waals surface area contributed by atoms with Crippen molar-refractivity contribution in [2.24, 2.45) is 0 Å². The molecule has 0 unspecified atom stereocenters. The molecule has 6 heteroatoms. The van der Waals surface area contributed by atoms with Gasteiger partial charge in [-0.15, -0.1) is 0 Å². The van der Waals surface area contributed by atoms with Crippen LogP contribution in [0, 0.1) is 0 Å². The van der Waals surface area contributed by atoms with Crippen molar-refractivity contribution in [3.8, 4) is 0 Å². The molecular formula is C15H22N2O4. The van der Waals surface area contributed by atoms with Gasteiger partial charge in [-0.2, -0.15) is 0 Å². The Labute approximate surface area is 125 Å². The SMILES string of the molecule is CCN(CCOC)C(=O)CNC(=O)OCc1ccccc1. The minimum Gasteiger partial charge on any atom is -0.445 e. The lowest BCUT2D eigenvalue weighted by Crippen LogP contribution is -2.41. The predicted octanol–water partition coefficient (Wildman–Crippen LogP) is 1.41. The number of hydrogen-bond acceptors (Lipinski definition) is 4. The van der Waals surface area contributed by atoms with Crippen molar-refractivity contribution in [2.45, 2.75) is 13.5 Å². The Hall–Kier alpha value is -2.08. The summed E-state index contributed by atoms with van der Waals surface area (Å²) in [5.41, 5.74) is 0.897. The molecule has 0 saturated carbocycles. The van der Waals surface area contributed by atoms with Gasteiger partial charge in [0.1, 0.15) is 13.2 Å². The molecule has 0 heterocycles. The molecule has 6 nitrogen and oxygen atoms in total. The zero-order valence-electron chi connectivity index (χ0n) is 12.5. The molecule has 1 rings (SSSR count). The number of hydrogen-bond donors (Lipinski definition) is 1. The van der Waals surface area contributed by atoms with Gasteiger partial charge in [-0.3, -0.25) is 4.79 Å². The summed E-state index contributed by atoms with van der Waals surface area (Å²) in [5.74, 6) is -0.161. The number of methoxy groups -OCH3 is 1. The second-order valence-corrected chi connectivity index (χ2v) is 4.38. The molecule has 1 N–H and O–H groups in total. The maximum atomic E-state index is 11.9. The number of ether oxygens (including phenoxy) is 2. The first-order valence-electron chi connectivity index (χ1n) is 6.88. The summed E-state index contributed by atoms with van der Waals surface area (Å²) < 4.78 is 9.96. The molecule has 0 aliphatic rings. The summed E-state index contributed by atoms with van der Waals surface area (Å²) in [5, 5.41) is 2.45. The highest BCUT2D eigenvalue weighted by Crippen LogP contribution is 2.00. The second-order valence-electron chi connectivity index (χ2n) is 4.38. The van der Waals surface area contributed by atoms with Crippen LogP contribution in [0.3, 0.4) is 0 Å². The van der Waals surface area contributed by atoms with E-state index in [9.17, 15) is 9.59 Å². The molecule has 0 aliphatic carbocycles. The summed E-state index contributed by atoms with van der Waals surface area (Å²) in [7, 11) is 1.58. The fourth-order valence-corrected chi connectivity index (χ4v) is 1.69. The van der Waals surface area contributed by atoms with Crippen LogP contribution in [-0.4, -0.2) is 50.3 Å². The summed E-state index contributed by atoms with van der Waals surface area (Å²) in [6.45, 7) is 3.53. The average Bonchev–Trinajstić information content (AvgIpc) is 2.52. The van der Waals surface area contributed by atoms with Crippen molar-refractivity contribution in [3.63, 3.8) is 0 Å². The lowest BCUT2D eigenvalue weighted by atomic mass is 10.2. The van der Waals surface area contributed by atoms with Crippen molar-refractivity contribution in [1.29, 1.82) is 0 Å². The maximum Gasteiger partial charge on any atom is 0.407 e. The third-order valence-electron chi connectivity index (χ3n) is 2.90. The summed E-state index contributed by atoms with van der Waals surface area (Å²) in [4.78, 5) is 25.0. The standard InChI is InChI=1S/C15H22N2O4/c1-3-17(9-10-20-2)14(18)11-16-15(19)21-12-13-7-5-4-6-8-13/h4-8H,3,9-12H2,1-2H3,(H,16,19). The van der Waals surface area contributed by atoms with Gasteiger partial charge < -0.3 is 19.7 Å². The number of alkyl carbamates (subject to hydrolysis) is 1. The highest BCUT2D eigenvalue weighted by molar-refractivity contribution is 5.82. The molecule has 21 heavy (non-hydrogen) atoms. The van der Waals surface area contributed by atoms with E-state index in [0.717, 1.165) is 5.56 Å².